The predicted molar refractivity (Wildman–Crippen MR) is 95.8 cm³/mol. The maximum atomic E-state index is 14.3. The minimum Gasteiger partial charge on any atom is -0.394 e. The fraction of sp³-hybridized carbons (Fsp3) is 0.312. The Labute approximate surface area is 156 Å². The average molecular weight is 459 g/mol. The highest BCUT2D eigenvalue weighted by molar-refractivity contribution is 14.1. The monoisotopic (exact) mass is 459 g/mol. The van der Waals surface area contributed by atoms with Gasteiger partial charge in [0.25, 0.3) is 5.91 Å². The van der Waals surface area contributed by atoms with Gasteiger partial charge in [0.1, 0.15) is 6.23 Å². The van der Waals surface area contributed by atoms with Crippen LogP contribution < -0.4 is 11.0 Å². The number of rotatable bonds is 4. The van der Waals surface area contributed by atoms with Crippen LogP contribution in [0.3, 0.4) is 0 Å². The van der Waals surface area contributed by atoms with E-state index in [-0.39, 0.29) is 12.7 Å². The Morgan fingerprint density at radius 3 is 2.76 bits per heavy atom. The number of aliphatic hydroxyl groups excluding tert-OH is 1. The van der Waals surface area contributed by atoms with Crippen LogP contribution in [-0.2, 0) is 4.74 Å². The number of amides is 1. The molecule has 25 heavy (non-hydrogen) atoms. The standard InChI is InChI=1S/C16H15FIN3O4/c17-12-7-21(13-6-5-11(8-22)25-13)16(24)20-14(12)19-15(23)9-1-3-10(18)4-2-9/h1-4,7,11,13,22H,5-6,8H2,(H,19,20,23,24)/t11-,13+/m0/s1. The molecule has 132 valence electrons. The third kappa shape index (κ3) is 4.05. The van der Waals surface area contributed by atoms with Crippen LogP contribution in [0.25, 0.3) is 0 Å². The number of nitrogens with one attached hydrogen (secondary N) is 1. The summed E-state index contributed by atoms with van der Waals surface area (Å²) < 4.78 is 21.7. The second-order valence-electron chi connectivity index (χ2n) is 5.56. The predicted octanol–water partition coefficient (Wildman–Crippen LogP) is 1.91. The molecule has 0 spiro atoms. The molecule has 0 saturated carbocycles. The number of anilines is 1. The van der Waals surface area contributed by atoms with Crippen LogP contribution in [-0.4, -0.2) is 33.3 Å². The lowest BCUT2D eigenvalue weighted by Gasteiger charge is -2.15. The highest BCUT2D eigenvalue weighted by atomic mass is 127. The van der Waals surface area contributed by atoms with Crippen LogP contribution in [0, 0.1) is 9.39 Å². The van der Waals surface area contributed by atoms with E-state index in [4.69, 9.17) is 9.84 Å². The second kappa shape index (κ2) is 7.58. The first-order valence-corrected chi connectivity index (χ1v) is 8.67. The molecule has 2 heterocycles. The van der Waals surface area contributed by atoms with Gasteiger partial charge in [-0.3, -0.25) is 9.36 Å². The summed E-state index contributed by atoms with van der Waals surface area (Å²) in [6.45, 7) is -0.161. The molecule has 2 aromatic rings. The fourth-order valence-electron chi connectivity index (χ4n) is 2.55. The van der Waals surface area contributed by atoms with Crippen LogP contribution in [0.2, 0.25) is 0 Å². The summed E-state index contributed by atoms with van der Waals surface area (Å²) in [6.07, 6.45) is 0.956. The Morgan fingerprint density at radius 1 is 1.40 bits per heavy atom. The smallest absolute Gasteiger partial charge is 0.351 e. The number of carbonyl (C=O) groups is 1. The topological polar surface area (TPSA) is 93.5 Å². The largest absolute Gasteiger partial charge is 0.394 e. The van der Waals surface area contributed by atoms with Gasteiger partial charge in [0.05, 0.1) is 18.9 Å². The summed E-state index contributed by atoms with van der Waals surface area (Å²) in [5.74, 6) is -1.83. The molecule has 3 rings (SSSR count). The van der Waals surface area contributed by atoms with Crippen LogP contribution in [0.15, 0.2) is 35.3 Å². The number of aromatic nitrogens is 2. The van der Waals surface area contributed by atoms with Gasteiger partial charge in [-0.2, -0.15) is 4.98 Å². The molecular weight excluding hydrogens is 444 g/mol. The Morgan fingerprint density at radius 2 is 2.12 bits per heavy atom. The molecule has 1 aromatic heterocycles. The van der Waals surface area contributed by atoms with Crippen molar-refractivity contribution >= 4 is 34.3 Å². The third-order valence-electron chi connectivity index (χ3n) is 3.84. The number of benzene rings is 1. The summed E-state index contributed by atoms with van der Waals surface area (Å²) in [6, 6.07) is 6.67. The number of hydrogen-bond donors (Lipinski definition) is 2. The first-order chi connectivity index (χ1) is 12.0. The molecule has 2 N–H and O–H groups in total. The summed E-state index contributed by atoms with van der Waals surface area (Å²) in [5, 5.41) is 11.4. The van der Waals surface area contributed by atoms with Gasteiger partial charge in [-0.15, -0.1) is 0 Å². The van der Waals surface area contributed by atoms with Crippen molar-refractivity contribution in [3.8, 4) is 0 Å². The molecule has 1 aliphatic heterocycles. The van der Waals surface area contributed by atoms with Crippen LogP contribution in [0.1, 0.15) is 29.4 Å². The molecule has 7 nitrogen and oxygen atoms in total. The van der Waals surface area contributed by atoms with E-state index in [9.17, 15) is 14.0 Å². The van der Waals surface area contributed by atoms with E-state index in [1.54, 1.807) is 24.3 Å². The van der Waals surface area contributed by atoms with E-state index >= 15 is 0 Å². The zero-order valence-electron chi connectivity index (χ0n) is 13.0. The number of aliphatic hydroxyl groups is 1. The van der Waals surface area contributed by atoms with Gasteiger partial charge in [0.2, 0.25) is 0 Å². The van der Waals surface area contributed by atoms with Crippen LogP contribution in [0.4, 0.5) is 10.2 Å². The number of ether oxygens (including phenoxy) is 1. The lowest BCUT2D eigenvalue weighted by atomic mass is 10.2. The van der Waals surface area contributed by atoms with Crippen molar-refractivity contribution in [3.05, 3.63) is 55.9 Å². The van der Waals surface area contributed by atoms with Crippen LogP contribution >= 0.6 is 22.6 Å². The lowest BCUT2D eigenvalue weighted by Crippen LogP contribution is -2.30. The lowest BCUT2D eigenvalue weighted by molar-refractivity contribution is -0.0249. The highest BCUT2D eigenvalue weighted by Crippen LogP contribution is 2.27. The molecule has 0 radical (unpaired) electrons. The minimum absolute atomic E-state index is 0.161. The minimum atomic E-state index is -0.838. The van der Waals surface area contributed by atoms with E-state index in [0.29, 0.717) is 18.4 Å². The summed E-state index contributed by atoms with van der Waals surface area (Å²) in [4.78, 5) is 27.9. The quantitative estimate of drug-likeness (QED) is 0.682. The number of hydrogen-bond acceptors (Lipinski definition) is 5. The van der Waals surface area contributed by atoms with Crippen molar-refractivity contribution in [1.29, 1.82) is 0 Å². The van der Waals surface area contributed by atoms with Crippen molar-refractivity contribution in [2.45, 2.75) is 25.2 Å². The number of nitrogens with zero attached hydrogens (tertiary/aromatic N) is 2. The first kappa shape index (κ1) is 18.0. The molecule has 0 unspecified atom stereocenters. The third-order valence-corrected chi connectivity index (χ3v) is 4.56. The molecule has 1 amide bonds. The first-order valence-electron chi connectivity index (χ1n) is 7.60. The van der Waals surface area contributed by atoms with E-state index < -0.39 is 29.5 Å². The zero-order chi connectivity index (χ0) is 18.0. The second-order valence-corrected chi connectivity index (χ2v) is 6.81. The van der Waals surface area contributed by atoms with Gasteiger partial charge in [0, 0.05) is 9.13 Å². The SMILES string of the molecule is O=C(Nc1nc(=O)n([C@H]2CC[C@@H](CO)O2)cc1F)c1ccc(I)cc1. The Balaban J connectivity index is 1.79. The Bertz CT molecular complexity index is 840. The fourth-order valence-corrected chi connectivity index (χ4v) is 2.91. The zero-order valence-corrected chi connectivity index (χ0v) is 15.1. The molecule has 1 aromatic carbocycles. The normalized spacial score (nSPS) is 19.8. The Kier molecular flexibility index (Phi) is 5.45. The van der Waals surface area contributed by atoms with Gasteiger partial charge in [-0.25, -0.2) is 9.18 Å². The van der Waals surface area contributed by atoms with Crippen molar-refractivity contribution in [3.63, 3.8) is 0 Å². The van der Waals surface area contributed by atoms with Gasteiger partial charge in [-0.05, 0) is 59.7 Å². The van der Waals surface area contributed by atoms with Gasteiger partial charge >= 0.3 is 5.69 Å². The van der Waals surface area contributed by atoms with E-state index in [0.717, 1.165) is 14.3 Å². The maximum absolute atomic E-state index is 14.3. The van der Waals surface area contributed by atoms with E-state index in [2.05, 4.69) is 32.9 Å². The molecule has 0 bridgehead atoms. The molecule has 1 aliphatic rings. The van der Waals surface area contributed by atoms with Gasteiger partial charge in [0.15, 0.2) is 11.6 Å². The molecular formula is C16H15FIN3O4. The number of carbonyl (C=O) groups excluding carboxylic acids is 1. The van der Waals surface area contributed by atoms with Crippen molar-refractivity contribution in [1.82, 2.24) is 9.55 Å². The maximum Gasteiger partial charge on any atom is 0.351 e. The highest BCUT2D eigenvalue weighted by Gasteiger charge is 2.27. The van der Waals surface area contributed by atoms with Crippen molar-refractivity contribution in [2.24, 2.45) is 0 Å². The molecule has 1 saturated heterocycles. The molecule has 2 atom stereocenters. The van der Waals surface area contributed by atoms with Crippen molar-refractivity contribution in [2.75, 3.05) is 11.9 Å². The van der Waals surface area contributed by atoms with Gasteiger partial charge < -0.3 is 15.2 Å². The number of halogens is 2. The molecule has 9 heteroatoms. The van der Waals surface area contributed by atoms with E-state index in [1.807, 2.05) is 0 Å². The van der Waals surface area contributed by atoms with Crippen LogP contribution in [0.5, 0.6) is 0 Å². The molecule has 0 aliphatic carbocycles. The summed E-state index contributed by atoms with van der Waals surface area (Å²) >= 11 is 2.10. The molecule has 1 fully saturated rings. The average Bonchev–Trinajstić information content (AvgIpc) is 3.07. The summed E-state index contributed by atoms with van der Waals surface area (Å²) in [5.41, 5.74) is -0.404. The van der Waals surface area contributed by atoms with Crippen molar-refractivity contribution < 1.29 is 19.0 Å². The summed E-state index contributed by atoms with van der Waals surface area (Å²) in [7, 11) is 0. The Hall–Kier alpha value is -1.85. The van der Waals surface area contributed by atoms with Gasteiger partial charge in [-0.1, -0.05) is 0 Å². The van der Waals surface area contributed by atoms with E-state index in [1.165, 1.54) is 0 Å².